The molecule has 0 bridgehead atoms. The minimum absolute atomic E-state index is 0.0943. The lowest BCUT2D eigenvalue weighted by atomic mass is 9.79. The highest BCUT2D eigenvalue weighted by Gasteiger charge is 2.51. The molecule has 2 N–H and O–H groups in total. The van der Waals surface area contributed by atoms with Gasteiger partial charge in [0.05, 0.1) is 11.2 Å². The number of nitrogens with two attached hydrogens (primary N) is 1. The number of guanidine groups is 1. The molecule has 0 amide bonds. The topological polar surface area (TPSA) is 69.3 Å². The summed E-state index contributed by atoms with van der Waals surface area (Å²) in [6.07, 6.45) is 2.23. The molecule has 8 heteroatoms. The monoisotopic (exact) mass is 459 g/mol. The minimum Gasteiger partial charge on any atom is -0.489 e. The van der Waals surface area contributed by atoms with Crippen molar-refractivity contribution in [3.05, 3.63) is 52.8 Å². The lowest BCUT2D eigenvalue weighted by molar-refractivity contribution is -0.198. The summed E-state index contributed by atoms with van der Waals surface area (Å²) < 4.78 is 26.4. The molecule has 0 radical (unpaired) electrons. The van der Waals surface area contributed by atoms with Crippen LogP contribution in [-0.4, -0.2) is 36.4 Å². The fourth-order valence-electron chi connectivity index (χ4n) is 5.03. The van der Waals surface area contributed by atoms with E-state index in [2.05, 4.69) is 13.8 Å². The summed E-state index contributed by atoms with van der Waals surface area (Å²) >= 11 is 6.09. The molecule has 0 aliphatic carbocycles. The molecule has 1 unspecified atom stereocenters. The summed E-state index contributed by atoms with van der Waals surface area (Å²) in [5, 5.41) is 1.83. The number of rotatable bonds is 2. The van der Waals surface area contributed by atoms with Gasteiger partial charge in [-0.1, -0.05) is 17.7 Å². The van der Waals surface area contributed by atoms with Crippen LogP contribution >= 0.6 is 11.6 Å². The Morgan fingerprint density at radius 1 is 1.16 bits per heavy atom. The molecule has 0 saturated carbocycles. The van der Waals surface area contributed by atoms with Crippen LogP contribution in [-0.2, 0) is 15.3 Å². The van der Waals surface area contributed by atoms with Crippen molar-refractivity contribution < 1.29 is 18.7 Å². The van der Waals surface area contributed by atoms with Crippen molar-refractivity contribution in [2.24, 2.45) is 16.6 Å². The zero-order valence-electron chi connectivity index (χ0n) is 18.4. The van der Waals surface area contributed by atoms with Crippen LogP contribution in [0, 0.1) is 11.7 Å². The third-order valence-corrected chi connectivity index (χ3v) is 6.74. The van der Waals surface area contributed by atoms with E-state index in [4.69, 9.17) is 36.6 Å². The van der Waals surface area contributed by atoms with Crippen molar-refractivity contribution in [3.8, 4) is 16.9 Å². The molecule has 1 saturated heterocycles. The van der Waals surface area contributed by atoms with E-state index >= 15 is 0 Å². The maximum atomic E-state index is 14.0. The van der Waals surface area contributed by atoms with Crippen LogP contribution in [0.2, 0.25) is 5.02 Å². The Morgan fingerprint density at radius 2 is 1.97 bits per heavy atom. The molecule has 0 aromatic heterocycles. The highest BCUT2D eigenvalue weighted by molar-refractivity contribution is 6.30. The Labute approximate surface area is 192 Å². The smallest absolute Gasteiger partial charge is 0.221 e. The first-order chi connectivity index (χ1) is 15.1. The molecular formula is C24H27ClFN3O3. The summed E-state index contributed by atoms with van der Waals surface area (Å²) in [6, 6.07) is 10.2. The van der Waals surface area contributed by atoms with Gasteiger partial charge in [-0.15, -0.1) is 0 Å². The van der Waals surface area contributed by atoms with Crippen molar-refractivity contribution in [3.63, 3.8) is 0 Å². The molecular weight excluding hydrogens is 433 g/mol. The first-order valence-electron chi connectivity index (χ1n) is 10.8. The van der Waals surface area contributed by atoms with Gasteiger partial charge in [-0.05, 0) is 68.1 Å². The summed E-state index contributed by atoms with van der Waals surface area (Å²) in [4.78, 5) is 11.0. The van der Waals surface area contributed by atoms with Gasteiger partial charge in [0.15, 0.2) is 0 Å². The van der Waals surface area contributed by atoms with Crippen LogP contribution in [0.15, 0.2) is 41.4 Å². The van der Waals surface area contributed by atoms with E-state index in [1.807, 2.05) is 18.2 Å². The van der Waals surface area contributed by atoms with Crippen molar-refractivity contribution in [1.82, 2.24) is 5.06 Å². The maximum absolute atomic E-state index is 14.0. The summed E-state index contributed by atoms with van der Waals surface area (Å²) in [6.45, 7) is 4.92. The van der Waals surface area contributed by atoms with Gasteiger partial charge in [-0.3, -0.25) is 0 Å². The van der Waals surface area contributed by atoms with Crippen molar-refractivity contribution in [2.45, 2.75) is 50.5 Å². The molecule has 2 aromatic rings. The van der Waals surface area contributed by atoms with Crippen LogP contribution in [0.25, 0.3) is 11.1 Å². The van der Waals surface area contributed by atoms with Crippen LogP contribution < -0.4 is 10.5 Å². The second-order valence-electron chi connectivity index (χ2n) is 9.43. The number of hydroxylamine groups is 2. The quantitative estimate of drug-likeness (QED) is 0.695. The van der Waals surface area contributed by atoms with Crippen LogP contribution in [0.4, 0.5) is 4.39 Å². The summed E-state index contributed by atoms with van der Waals surface area (Å²) in [5.74, 6) is 0.917. The van der Waals surface area contributed by atoms with Gasteiger partial charge in [-0.25, -0.2) is 19.3 Å². The van der Waals surface area contributed by atoms with Gasteiger partial charge in [0.1, 0.15) is 17.7 Å². The SMILES string of the molecule is CN1OC2(C[C@H]([C@@H]3CCOC(C)(C)C3)Oc3ccc(-c4cc(F)cc(Cl)c4)cc32)N=C1N. The lowest BCUT2D eigenvalue weighted by Crippen LogP contribution is -2.46. The molecule has 6 nitrogen and oxygen atoms in total. The average molecular weight is 460 g/mol. The Hall–Kier alpha value is -2.35. The normalized spacial score (nSPS) is 28.9. The van der Waals surface area contributed by atoms with E-state index in [0.29, 0.717) is 41.2 Å². The van der Waals surface area contributed by atoms with Gasteiger partial charge in [-0.2, -0.15) is 0 Å². The van der Waals surface area contributed by atoms with Crippen LogP contribution in [0.1, 0.15) is 38.7 Å². The molecule has 3 atom stereocenters. The molecule has 3 aliphatic heterocycles. The molecule has 3 heterocycles. The van der Waals surface area contributed by atoms with E-state index in [9.17, 15) is 4.39 Å². The largest absolute Gasteiger partial charge is 0.489 e. The second kappa shape index (κ2) is 7.61. The molecule has 32 heavy (non-hydrogen) atoms. The minimum atomic E-state index is -0.993. The number of halogens is 2. The Kier molecular flexibility index (Phi) is 5.11. The molecule has 1 spiro atoms. The third kappa shape index (κ3) is 3.83. The molecule has 2 aromatic carbocycles. The lowest BCUT2D eigenvalue weighted by Gasteiger charge is -2.44. The fraction of sp³-hybridized carbons (Fsp3) is 0.458. The van der Waals surface area contributed by atoms with Crippen LogP contribution in [0.3, 0.4) is 0 Å². The standard InChI is InChI=1S/C24H27ClFN3O3/c1-23(2)12-15(6-7-30-23)21-13-24(28-22(27)29(3)32-24)19-10-14(4-5-20(19)31-21)16-8-17(25)11-18(26)9-16/h4-5,8-11,15,21H,6-7,12-13H2,1-3H3,(H2,27,28)/t15-,21-,24?/m1/s1. The Bertz CT molecular complexity index is 1070. The molecule has 5 rings (SSSR count). The summed E-state index contributed by atoms with van der Waals surface area (Å²) in [7, 11) is 1.74. The summed E-state index contributed by atoms with van der Waals surface area (Å²) in [5.41, 5.74) is 7.16. The first kappa shape index (κ1) is 21.5. The fourth-order valence-corrected chi connectivity index (χ4v) is 5.25. The van der Waals surface area contributed by atoms with Gasteiger partial charge < -0.3 is 15.2 Å². The van der Waals surface area contributed by atoms with Crippen LogP contribution in [0.5, 0.6) is 5.75 Å². The van der Waals surface area contributed by atoms with E-state index in [0.717, 1.165) is 24.0 Å². The molecule has 3 aliphatic rings. The van der Waals surface area contributed by atoms with E-state index in [-0.39, 0.29) is 11.7 Å². The highest BCUT2D eigenvalue weighted by Crippen LogP contribution is 2.50. The second-order valence-corrected chi connectivity index (χ2v) is 9.87. The zero-order valence-corrected chi connectivity index (χ0v) is 19.2. The number of ether oxygens (including phenoxy) is 2. The van der Waals surface area contributed by atoms with Gasteiger partial charge in [0.25, 0.3) is 0 Å². The number of nitrogens with zero attached hydrogens (tertiary/aromatic N) is 2. The first-order valence-corrected chi connectivity index (χ1v) is 11.2. The third-order valence-electron chi connectivity index (χ3n) is 6.52. The van der Waals surface area contributed by atoms with E-state index in [1.165, 1.54) is 17.2 Å². The number of fused-ring (bicyclic) bond motifs is 2. The zero-order chi connectivity index (χ0) is 22.7. The molecule has 1 fully saturated rings. The maximum Gasteiger partial charge on any atom is 0.221 e. The number of hydrogen-bond acceptors (Lipinski definition) is 6. The molecule has 170 valence electrons. The van der Waals surface area contributed by atoms with Crippen molar-refractivity contribution in [2.75, 3.05) is 13.7 Å². The van der Waals surface area contributed by atoms with Gasteiger partial charge in [0.2, 0.25) is 11.7 Å². The van der Waals surface area contributed by atoms with Gasteiger partial charge >= 0.3 is 0 Å². The predicted octanol–water partition coefficient (Wildman–Crippen LogP) is 4.85. The predicted molar refractivity (Wildman–Crippen MR) is 121 cm³/mol. The average Bonchev–Trinajstić information content (AvgIpc) is 3.00. The Balaban J connectivity index is 1.57. The number of hydrogen-bond donors (Lipinski definition) is 1. The number of benzene rings is 2. The van der Waals surface area contributed by atoms with Crippen molar-refractivity contribution in [1.29, 1.82) is 0 Å². The van der Waals surface area contributed by atoms with E-state index in [1.54, 1.807) is 13.1 Å². The Morgan fingerprint density at radius 3 is 2.66 bits per heavy atom. The van der Waals surface area contributed by atoms with E-state index < -0.39 is 11.5 Å². The highest BCUT2D eigenvalue weighted by atomic mass is 35.5. The van der Waals surface area contributed by atoms with Gasteiger partial charge in [0, 0.05) is 31.0 Å². The van der Waals surface area contributed by atoms with Crippen molar-refractivity contribution >= 4 is 17.6 Å². The number of aliphatic imine (C=N–C) groups is 1.